The zero-order chi connectivity index (χ0) is 13.1. The van der Waals surface area contributed by atoms with Crippen molar-refractivity contribution in [2.24, 2.45) is 11.8 Å². The van der Waals surface area contributed by atoms with Gasteiger partial charge in [0.05, 0.1) is 0 Å². The number of benzene rings is 1. The first-order chi connectivity index (χ1) is 8.61. The van der Waals surface area contributed by atoms with E-state index in [4.69, 9.17) is 0 Å². The van der Waals surface area contributed by atoms with Gasteiger partial charge in [-0.2, -0.15) is 0 Å². The summed E-state index contributed by atoms with van der Waals surface area (Å²) in [5, 5.41) is 3.56. The summed E-state index contributed by atoms with van der Waals surface area (Å²) in [6.07, 6.45) is 5.40. The van der Waals surface area contributed by atoms with E-state index in [9.17, 15) is 0 Å². The second kappa shape index (κ2) is 5.88. The molecular formula is C17H27N. The summed E-state index contributed by atoms with van der Waals surface area (Å²) >= 11 is 0. The molecule has 1 heteroatoms. The summed E-state index contributed by atoms with van der Waals surface area (Å²) in [6.45, 7) is 6.82. The topological polar surface area (TPSA) is 12.0 Å². The van der Waals surface area contributed by atoms with Gasteiger partial charge in [-0.25, -0.2) is 0 Å². The maximum Gasteiger partial charge on any atom is 0.0135 e. The fourth-order valence-electron chi connectivity index (χ4n) is 3.42. The zero-order valence-electron chi connectivity index (χ0n) is 12.3. The molecule has 0 bridgehead atoms. The smallest absolute Gasteiger partial charge is 0.0135 e. The van der Waals surface area contributed by atoms with Gasteiger partial charge in [0.2, 0.25) is 0 Å². The quantitative estimate of drug-likeness (QED) is 0.849. The Hall–Kier alpha value is -0.820. The Balaban J connectivity index is 2.07. The monoisotopic (exact) mass is 245 g/mol. The molecule has 1 N–H and O–H groups in total. The summed E-state index contributed by atoms with van der Waals surface area (Å²) in [4.78, 5) is 0. The van der Waals surface area contributed by atoms with Gasteiger partial charge in [0.15, 0.2) is 0 Å². The molecule has 1 saturated carbocycles. The third-order valence-electron chi connectivity index (χ3n) is 4.84. The van der Waals surface area contributed by atoms with Crippen LogP contribution in [-0.4, -0.2) is 13.1 Å². The minimum atomic E-state index is 0.643. The molecule has 0 aromatic heterocycles. The molecule has 1 aromatic rings. The average molecular weight is 245 g/mol. The first kappa shape index (κ1) is 13.6. The van der Waals surface area contributed by atoms with Crippen LogP contribution in [0.4, 0.5) is 0 Å². The molecule has 0 spiro atoms. The highest BCUT2D eigenvalue weighted by atomic mass is 14.9. The Kier molecular flexibility index (Phi) is 4.45. The van der Waals surface area contributed by atoms with E-state index in [2.05, 4.69) is 51.3 Å². The highest BCUT2D eigenvalue weighted by Crippen LogP contribution is 2.34. The van der Waals surface area contributed by atoms with Gasteiger partial charge in [-0.3, -0.25) is 0 Å². The van der Waals surface area contributed by atoms with Gasteiger partial charge in [0.1, 0.15) is 0 Å². The molecule has 0 radical (unpaired) electrons. The minimum absolute atomic E-state index is 0.643. The van der Waals surface area contributed by atoms with Crippen molar-refractivity contribution in [1.82, 2.24) is 5.32 Å². The lowest BCUT2D eigenvalue weighted by Crippen LogP contribution is -2.36. The van der Waals surface area contributed by atoms with Crippen LogP contribution >= 0.6 is 0 Å². The van der Waals surface area contributed by atoms with Crippen molar-refractivity contribution < 1.29 is 0 Å². The molecular weight excluding hydrogens is 218 g/mol. The van der Waals surface area contributed by atoms with Gasteiger partial charge >= 0.3 is 0 Å². The Morgan fingerprint density at radius 1 is 1.22 bits per heavy atom. The molecule has 0 saturated heterocycles. The van der Waals surface area contributed by atoms with Gasteiger partial charge in [0, 0.05) is 6.04 Å². The van der Waals surface area contributed by atoms with E-state index in [1.165, 1.54) is 42.4 Å². The van der Waals surface area contributed by atoms with Gasteiger partial charge in [0.25, 0.3) is 0 Å². The number of hydrogen-bond donors (Lipinski definition) is 1. The number of likely N-dealkylation sites (N-methyl/N-ethyl adjacent to an activating group) is 1. The van der Waals surface area contributed by atoms with Crippen molar-refractivity contribution in [3.63, 3.8) is 0 Å². The summed E-state index contributed by atoms with van der Waals surface area (Å²) in [7, 11) is 2.12. The van der Waals surface area contributed by atoms with Gasteiger partial charge < -0.3 is 5.32 Å². The van der Waals surface area contributed by atoms with E-state index in [0.717, 1.165) is 11.8 Å². The molecule has 0 heterocycles. The SMILES string of the molecule is CNC(Cc1ccc(C)c(C)c1)C1CCCC1C. The van der Waals surface area contributed by atoms with Gasteiger partial charge in [-0.1, -0.05) is 38.0 Å². The van der Waals surface area contributed by atoms with E-state index >= 15 is 0 Å². The molecule has 1 nitrogen and oxygen atoms in total. The highest BCUT2D eigenvalue weighted by Gasteiger charge is 2.29. The first-order valence-electron chi connectivity index (χ1n) is 7.35. The van der Waals surface area contributed by atoms with Crippen LogP contribution in [0.3, 0.4) is 0 Å². The number of aryl methyl sites for hydroxylation is 2. The number of nitrogens with one attached hydrogen (secondary N) is 1. The summed E-state index contributed by atoms with van der Waals surface area (Å²) in [5.74, 6) is 1.74. The molecule has 3 unspecified atom stereocenters. The van der Waals surface area contributed by atoms with Crippen molar-refractivity contribution in [3.05, 3.63) is 34.9 Å². The predicted octanol–water partition coefficient (Wildman–Crippen LogP) is 3.87. The maximum absolute atomic E-state index is 3.56. The van der Waals surface area contributed by atoms with E-state index < -0.39 is 0 Å². The molecule has 0 amide bonds. The zero-order valence-corrected chi connectivity index (χ0v) is 12.3. The van der Waals surface area contributed by atoms with Gasteiger partial charge in [-0.05, 0) is 62.3 Å². The van der Waals surface area contributed by atoms with Crippen LogP contribution in [0.2, 0.25) is 0 Å². The molecule has 100 valence electrons. The molecule has 18 heavy (non-hydrogen) atoms. The Morgan fingerprint density at radius 3 is 2.56 bits per heavy atom. The lowest BCUT2D eigenvalue weighted by molar-refractivity contribution is 0.308. The molecule has 3 atom stereocenters. The van der Waals surface area contributed by atoms with Crippen LogP contribution in [0.1, 0.15) is 42.9 Å². The Morgan fingerprint density at radius 2 is 2.00 bits per heavy atom. The molecule has 0 aliphatic heterocycles. The van der Waals surface area contributed by atoms with Crippen LogP contribution < -0.4 is 5.32 Å². The van der Waals surface area contributed by atoms with Crippen LogP contribution in [0.15, 0.2) is 18.2 Å². The third-order valence-corrected chi connectivity index (χ3v) is 4.84. The van der Waals surface area contributed by atoms with Gasteiger partial charge in [-0.15, -0.1) is 0 Å². The Labute approximate surface area is 112 Å². The second-order valence-electron chi connectivity index (χ2n) is 6.09. The lowest BCUT2D eigenvalue weighted by atomic mass is 9.86. The van der Waals surface area contributed by atoms with Crippen LogP contribution in [-0.2, 0) is 6.42 Å². The van der Waals surface area contributed by atoms with Crippen LogP contribution in [0.25, 0.3) is 0 Å². The normalized spacial score (nSPS) is 25.3. The average Bonchev–Trinajstić information content (AvgIpc) is 2.77. The van der Waals surface area contributed by atoms with Crippen molar-refractivity contribution >= 4 is 0 Å². The fraction of sp³-hybridized carbons (Fsp3) is 0.647. The fourth-order valence-corrected chi connectivity index (χ4v) is 3.42. The van der Waals surface area contributed by atoms with Crippen LogP contribution in [0, 0.1) is 25.7 Å². The van der Waals surface area contributed by atoms with E-state index in [1.54, 1.807) is 0 Å². The largest absolute Gasteiger partial charge is 0.316 e. The minimum Gasteiger partial charge on any atom is -0.316 e. The molecule has 1 aromatic carbocycles. The summed E-state index contributed by atoms with van der Waals surface area (Å²) in [5.41, 5.74) is 4.30. The molecule has 1 fully saturated rings. The Bertz CT molecular complexity index is 397. The van der Waals surface area contributed by atoms with Crippen molar-refractivity contribution in [1.29, 1.82) is 0 Å². The molecule has 2 rings (SSSR count). The number of hydrogen-bond acceptors (Lipinski definition) is 1. The van der Waals surface area contributed by atoms with Crippen molar-refractivity contribution in [2.75, 3.05) is 7.05 Å². The third kappa shape index (κ3) is 2.95. The van der Waals surface area contributed by atoms with E-state index in [1.807, 2.05) is 0 Å². The standard InChI is InChI=1S/C17H27N/c1-12-8-9-15(10-14(12)3)11-17(18-4)16-7-5-6-13(16)2/h8-10,13,16-18H,5-7,11H2,1-4H3. The summed E-state index contributed by atoms with van der Waals surface area (Å²) in [6, 6.07) is 7.56. The maximum atomic E-state index is 3.56. The first-order valence-corrected chi connectivity index (χ1v) is 7.35. The lowest BCUT2D eigenvalue weighted by Gasteiger charge is -2.27. The van der Waals surface area contributed by atoms with E-state index in [0.29, 0.717) is 6.04 Å². The van der Waals surface area contributed by atoms with Crippen molar-refractivity contribution in [2.45, 2.75) is 52.5 Å². The molecule has 1 aliphatic carbocycles. The number of rotatable bonds is 4. The molecule has 1 aliphatic rings. The highest BCUT2D eigenvalue weighted by molar-refractivity contribution is 5.30. The predicted molar refractivity (Wildman–Crippen MR) is 79.0 cm³/mol. The van der Waals surface area contributed by atoms with E-state index in [-0.39, 0.29) is 0 Å². The van der Waals surface area contributed by atoms with Crippen LogP contribution in [0.5, 0.6) is 0 Å². The summed E-state index contributed by atoms with van der Waals surface area (Å²) < 4.78 is 0. The second-order valence-corrected chi connectivity index (χ2v) is 6.09. The van der Waals surface area contributed by atoms with Crippen molar-refractivity contribution in [3.8, 4) is 0 Å².